The fraction of sp³-hybridized carbons (Fsp3) is 0.464. The summed E-state index contributed by atoms with van der Waals surface area (Å²) in [5.41, 5.74) is 3.97. The van der Waals surface area contributed by atoms with Crippen molar-refractivity contribution in [2.45, 2.75) is 51.6 Å². The Hall–Kier alpha value is -2.46. The van der Waals surface area contributed by atoms with Crippen LogP contribution < -0.4 is 9.64 Å². The Bertz CT molecular complexity index is 989. The van der Waals surface area contributed by atoms with Gasteiger partial charge in [0.1, 0.15) is 12.4 Å². The molecule has 0 aromatic heterocycles. The quantitative estimate of drug-likeness (QED) is 0.344. The summed E-state index contributed by atoms with van der Waals surface area (Å²) in [4.78, 5) is 14.7. The van der Waals surface area contributed by atoms with E-state index in [2.05, 4.69) is 23.6 Å². The van der Waals surface area contributed by atoms with E-state index in [1.165, 1.54) is 37.5 Å². The number of rotatable bonds is 6. The number of esters is 1. The third-order valence-electron chi connectivity index (χ3n) is 7.17. The molecule has 2 aliphatic rings. The molecule has 1 aliphatic heterocycles. The van der Waals surface area contributed by atoms with Crippen LogP contribution in [0.1, 0.15) is 60.0 Å². The standard InChI is InChI=1S/C28H34ClNO3/c1-3-4-7-20-9-10-23(20)18-30-15-6-5-8-21-16-25(29)13-11-24(21)19-33-27-14-12-22(17-26(27)30)28(31)32-2/h3,11-14,16-17,20,23H,1,4-10,15,18-19H2,2H3/t20-,23+/m1/s1. The van der Waals surface area contributed by atoms with Crippen LogP contribution in [0.4, 0.5) is 5.69 Å². The molecule has 0 bridgehead atoms. The monoisotopic (exact) mass is 467 g/mol. The minimum Gasteiger partial charge on any atom is -0.487 e. The number of benzene rings is 2. The summed E-state index contributed by atoms with van der Waals surface area (Å²) >= 11 is 6.27. The zero-order chi connectivity index (χ0) is 23.2. The van der Waals surface area contributed by atoms with E-state index in [0.717, 1.165) is 61.2 Å². The number of anilines is 1. The van der Waals surface area contributed by atoms with Crippen LogP contribution in [0.15, 0.2) is 49.1 Å². The second kappa shape index (κ2) is 11.1. The van der Waals surface area contributed by atoms with E-state index in [1.54, 1.807) is 6.07 Å². The van der Waals surface area contributed by atoms with Gasteiger partial charge in [0.15, 0.2) is 0 Å². The number of halogens is 1. The van der Waals surface area contributed by atoms with Crippen LogP contribution in [0, 0.1) is 11.8 Å². The minimum absolute atomic E-state index is 0.320. The highest BCUT2D eigenvalue weighted by Gasteiger charge is 2.32. The Morgan fingerprint density at radius 1 is 1.18 bits per heavy atom. The Balaban J connectivity index is 1.63. The first-order valence-corrected chi connectivity index (χ1v) is 12.4. The molecule has 0 spiro atoms. The number of methoxy groups -OCH3 is 1. The van der Waals surface area contributed by atoms with E-state index in [1.807, 2.05) is 24.3 Å². The van der Waals surface area contributed by atoms with E-state index in [4.69, 9.17) is 21.1 Å². The lowest BCUT2D eigenvalue weighted by Crippen LogP contribution is -2.39. The summed E-state index contributed by atoms with van der Waals surface area (Å²) in [6.07, 6.45) is 10.0. The molecule has 1 fully saturated rings. The summed E-state index contributed by atoms with van der Waals surface area (Å²) in [6, 6.07) is 11.7. The van der Waals surface area contributed by atoms with Crippen molar-refractivity contribution >= 4 is 23.3 Å². The van der Waals surface area contributed by atoms with Gasteiger partial charge in [-0.15, -0.1) is 6.58 Å². The smallest absolute Gasteiger partial charge is 0.337 e. The van der Waals surface area contributed by atoms with Gasteiger partial charge >= 0.3 is 5.97 Å². The largest absolute Gasteiger partial charge is 0.487 e. The molecule has 0 saturated heterocycles. The number of allylic oxidation sites excluding steroid dienone is 1. The third kappa shape index (κ3) is 5.73. The van der Waals surface area contributed by atoms with Gasteiger partial charge in [-0.25, -0.2) is 4.79 Å². The fourth-order valence-corrected chi connectivity index (χ4v) is 5.25. The van der Waals surface area contributed by atoms with E-state index in [9.17, 15) is 4.79 Å². The fourth-order valence-electron chi connectivity index (χ4n) is 5.06. The van der Waals surface area contributed by atoms with Crippen LogP contribution >= 0.6 is 11.6 Å². The highest BCUT2D eigenvalue weighted by Crippen LogP contribution is 2.41. The van der Waals surface area contributed by atoms with E-state index >= 15 is 0 Å². The van der Waals surface area contributed by atoms with Gasteiger partial charge in [0, 0.05) is 18.1 Å². The van der Waals surface area contributed by atoms with Crippen molar-refractivity contribution in [2.75, 3.05) is 25.1 Å². The summed E-state index contributed by atoms with van der Waals surface area (Å²) in [5.74, 6) is 1.91. The zero-order valence-corrected chi connectivity index (χ0v) is 20.3. The van der Waals surface area contributed by atoms with Gasteiger partial charge in [-0.3, -0.25) is 0 Å². The summed E-state index contributed by atoms with van der Waals surface area (Å²) < 4.78 is 11.4. The lowest BCUT2D eigenvalue weighted by molar-refractivity contribution is 0.0600. The Morgan fingerprint density at radius 3 is 2.79 bits per heavy atom. The van der Waals surface area contributed by atoms with Crippen LogP contribution in [0.2, 0.25) is 5.02 Å². The van der Waals surface area contributed by atoms with Gasteiger partial charge in [-0.05, 0) is 98.2 Å². The van der Waals surface area contributed by atoms with E-state index in [0.29, 0.717) is 18.1 Å². The number of ether oxygens (including phenoxy) is 2. The third-order valence-corrected chi connectivity index (χ3v) is 7.40. The summed E-state index contributed by atoms with van der Waals surface area (Å²) in [7, 11) is 1.42. The van der Waals surface area contributed by atoms with Crippen LogP contribution in [-0.2, 0) is 17.8 Å². The number of hydrogen-bond donors (Lipinski definition) is 0. The maximum Gasteiger partial charge on any atom is 0.337 e. The average molecular weight is 468 g/mol. The van der Waals surface area contributed by atoms with Gasteiger partial charge < -0.3 is 14.4 Å². The summed E-state index contributed by atoms with van der Waals surface area (Å²) in [5, 5.41) is 0.768. The maximum absolute atomic E-state index is 12.3. The van der Waals surface area contributed by atoms with Crippen LogP contribution in [0.25, 0.3) is 0 Å². The zero-order valence-electron chi connectivity index (χ0n) is 19.5. The first-order valence-electron chi connectivity index (χ1n) is 12.1. The number of carbonyl (C=O) groups is 1. The number of hydrogen-bond acceptors (Lipinski definition) is 4. The molecule has 0 radical (unpaired) electrons. The second-order valence-electron chi connectivity index (χ2n) is 9.24. The van der Waals surface area contributed by atoms with Crippen LogP contribution in [0.3, 0.4) is 0 Å². The number of nitrogens with zero attached hydrogens (tertiary/aromatic N) is 1. The first kappa shape index (κ1) is 23.7. The number of aryl methyl sites for hydroxylation is 1. The van der Waals surface area contributed by atoms with Crippen molar-refractivity contribution in [3.63, 3.8) is 0 Å². The summed E-state index contributed by atoms with van der Waals surface area (Å²) in [6.45, 7) is 6.29. The molecule has 4 nitrogen and oxygen atoms in total. The van der Waals surface area contributed by atoms with Crippen molar-refractivity contribution in [1.29, 1.82) is 0 Å². The van der Waals surface area contributed by atoms with Crippen molar-refractivity contribution in [3.8, 4) is 5.75 Å². The Morgan fingerprint density at radius 2 is 2.03 bits per heavy atom. The molecular weight excluding hydrogens is 434 g/mol. The van der Waals surface area contributed by atoms with E-state index in [-0.39, 0.29) is 5.97 Å². The molecule has 1 heterocycles. The molecule has 2 aromatic carbocycles. The normalized spacial score (nSPS) is 20.4. The first-order chi connectivity index (χ1) is 16.1. The molecule has 176 valence electrons. The minimum atomic E-state index is -0.320. The Labute approximate surface area is 202 Å². The molecule has 2 aromatic rings. The van der Waals surface area contributed by atoms with Crippen molar-refractivity contribution in [2.24, 2.45) is 11.8 Å². The average Bonchev–Trinajstić information content (AvgIpc) is 2.84. The van der Waals surface area contributed by atoms with Gasteiger partial charge in [-0.1, -0.05) is 23.7 Å². The highest BCUT2D eigenvalue weighted by molar-refractivity contribution is 6.30. The predicted molar refractivity (Wildman–Crippen MR) is 134 cm³/mol. The lowest BCUT2D eigenvalue weighted by atomic mass is 9.71. The van der Waals surface area contributed by atoms with Crippen LogP contribution in [0.5, 0.6) is 5.75 Å². The molecule has 2 atom stereocenters. The second-order valence-corrected chi connectivity index (χ2v) is 9.68. The van der Waals surface area contributed by atoms with Crippen molar-refractivity contribution in [1.82, 2.24) is 0 Å². The van der Waals surface area contributed by atoms with Gasteiger partial charge in [0.05, 0.1) is 18.4 Å². The number of fused-ring (bicyclic) bond motifs is 2. The van der Waals surface area contributed by atoms with Crippen molar-refractivity contribution in [3.05, 3.63) is 70.8 Å². The molecule has 4 rings (SSSR count). The topological polar surface area (TPSA) is 38.8 Å². The van der Waals surface area contributed by atoms with Crippen molar-refractivity contribution < 1.29 is 14.3 Å². The molecule has 1 saturated carbocycles. The number of carbonyl (C=O) groups excluding carboxylic acids is 1. The highest BCUT2D eigenvalue weighted by atomic mass is 35.5. The molecule has 33 heavy (non-hydrogen) atoms. The Kier molecular flexibility index (Phi) is 7.97. The van der Waals surface area contributed by atoms with Crippen LogP contribution in [-0.4, -0.2) is 26.2 Å². The predicted octanol–water partition coefficient (Wildman–Crippen LogP) is 6.84. The van der Waals surface area contributed by atoms with Gasteiger partial charge in [0.25, 0.3) is 0 Å². The maximum atomic E-state index is 12.3. The molecule has 0 unspecified atom stereocenters. The van der Waals surface area contributed by atoms with E-state index < -0.39 is 0 Å². The SMILES string of the molecule is C=CCC[C@@H]1CC[C@H]1CN1CCCCc2cc(Cl)ccc2COc2ccc(C(=O)OC)cc21. The lowest BCUT2D eigenvalue weighted by Gasteiger charge is -2.41. The molecule has 0 N–H and O–H groups in total. The molecule has 0 amide bonds. The molecule has 1 aliphatic carbocycles. The van der Waals surface area contributed by atoms with Gasteiger partial charge in [-0.2, -0.15) is 0 Å². The molecular formula is C28H34ClNO3. The molecule has 5 heteroatoms. The van der Waals surface area contributed by atoms with Gasteiger partial charge in [0.2, 0.25) is 0 Å².